The van der Waals surface area contributed by atoms with Gasteiger partial charge in [-0.1, -0.05) is 32.8 Å². The SMILES string of the molecule is COc1ccc(Br)cc1S(O)(O)Nc1cccc(N2CCCC2=O)c1. The highest BCUT2D eigenvalue weighted by Gasteiger charge is 2.24. The fourth-order valence-electron chi connectivity index (χ4n) is 2.75. The van der Waals surface area contributed by atoms with Crippen LogP contribution in [0.25, 0.3) is 0 Å². The van der Waals surface area contributed by atoms with Crippen molar-refractivity contribution >= 4 is 44.0 Å². The molecule has 6 nitrogen and oxygen atoms in total. The van der Waals surface area contributed by atoms with E-state index >= 15 is 0 Å². The monoisotopic (exact) mass is 426 g/mol. The number of rotatable bonds is 5. The van der Waals surface area contributed by atoms with Crippen LogP contribution in [0.4, 0.5) is 11.4 Å². The van der Waals surface area contributed by atoms with Gasteiger partial charge in [0.15, 0.2) is 0 Å². The second-order valence-corrected chi connectivity index (χ2v) is 8.30. The molecule has 2 aromatic carbocycles. The van der Waals surface area contributed by atoms with Crippen LogP contribution in [0.5, 0.6) is 5.75 Å². The van der Waals surface area contributed by atoms with Crippen LogP contribution >= 0.6 is 26.7 Å². The number of methoxy groups -OCH3 is 1. The summed E-state index contributed by atoms with van der Waals surface area (Å²) in [5, 5.41) is 0. The average Bonchev–Trinajstić information content (AvgIpc) is 3.01. The molecule has 3 rings (SSSR count). The molecule has 3 N–H and O–H groups in total. The van der Waals surface area contributed by atoms with Gasteiger partial charge in [-0.05, 0) is 42.8 Å². The van der Waals surface area contributed by atoms with Crippen LogP contribution in [-0.4, -0.2) is 28.7 Å². The van der Waals surface area contributed by atoms with Crippen molar-refractivity contribution in [3.8, 4) is 5.75 Å². The van der Waals surface area contributed by atoms with Gasteiger partial charge in [0.1, 0.15) is 10.6 Å². The topological polar surface area (TPSA) is 82.0 Å². The number of carbonyl (C=O) groups is 1. The second kappa shape index (κ2) is 7.25. The maximum absolute atomic E-state index is 11.9. The summed E-state index contributed by atoms with van der Waals surface area (Å²) in [6, 6.07) is 12.1. The van der Waals surface area contributed by atoms with Crippen molar-refractivity contribution in [1.82, 2.24) is 0 Å². The number of carbonyl (C=O) groups excluding carboxylic acids is 1. The molecule has 0 bridgehead atoms. The fraction of sp³-hybridized carbons (Fsp3) is 0.235. The number of benzene rings is 2. The van der Waals surface area contributed by atoms with E-state index < -0.39 is 10.8 Å². The highest BCUT2D eigenvalue weighted by atomic mass is 79.9. The van der Waals surface area contributed by atoms with E-state index in [1.807, 2.05) is 6.07 Å². The van der Waals surface area contributed by atoms with Crippen LogP contribution in [-0.2, 0) is 4.79 Å². The number of nitrogens with zero attached hydrogens (tertiary/aromatic N) is 1. The molecule has 1 aliphatic rings. The third-order valence-electron chi connectivity index (χ3n) is 3.92. The number of ether oxygens (including phenoxy) is 1. The van der Waals surface area contributed by atoms with Gasteiger partial charge in [-0.3, -0.25) is 18.6 Å². The summed E-state index contributed by atoms with van der Waals surface area (Å²) in [5.74, 6) is 0.457. The first-order valence-electron chi connectivity index (χ1n) is 7.71. The predicted molar refractivity (Wildman–Crippen MR) is 103 cm³/mol. The van der Waals surface area contributed by atoms with E-state index in [0.29, 0.717) is 28.9 Å². The average molecular weight is 427 g/mol. The van der Waals surface area contributed by atoms with Gasteiger partial charge in [-0.15, -0.1) is 0 Å². The fourth-order valence-corrected chi connectivity index (χ4v) is 4.55. The molecule has 2 aromatic rings. The number of nitrogens with one attached hydrogen (secondary N) is 1. The Labute approximate surface area is 156 Å². The van der Waals surface area contributed by atoms with Crippen molar-refractivity contribution in [2.75, 3.05) is 23.3 Å². The van der Waals surface area contributed by atoms with Crippen molar-refractivity contribution < 1.29 is 18.6 Å². The lowest BCUT2D eigenvalue weighted by atomic mass is 10.2. The maximum atomic E-state index is 11.9. The van der Waals surface area contributed by atoms with E-state index in [9.17, 15) is 13.9 Å². The molecule has 0 saturated carbocycles. The zero-order chi connectivity index (χ0) is 18.0. The molecular weight excluding hydrogens is 408 g/mol. The molecule has 0 spiro atoms. The molecule has 1 aliphatic heterocycles. The van der Waals surface area contributed by atoms with E-state index in [2.05, 4.69) is 20.7 Å². The van der Waals surface area contributed by atoms with Gasteiger partial charge in [0.05, 0.1) is 12.8 Å². The highest BCUT2D eigenvalue weighted by Crippen LogP contribution is 2.52. The molecule has 1 amide bonds. The molecule has 1 saturated heterocycles. The molecule has 0 aliphatic carbocycles. The van der Waals surface area contributed by atoms with E-state index in [1.165, 1.54) is 7.11 Å². The van der Waals surface area contributed by atoms with Gasteiger partial charge in [0.2, 0.25) is 5.91 Å². The Bertz CT molecular complexity index is 800. The van der Waals surface area contributed by atoms with Crippen molar-refractivity contribution in [2.24, 2.45) is 0 Å². The predicted octanol–water partition coefficient (Wildman–Crippen LogP) is 4.72. The van der Waals surface area contributed by atoms with Crippen LogP contribution in [0, 0.1) is 0 Å². The van der Waals surface area contributed by atoms with Crippen LogP contribution in [0.2, 0.25) is 0 Å². The largest absolute Gasteiger partial charge is 0.495 e. The third kappa shape index (κ3) is 3.92. The third-order valence-corrected chi connectivity index (χ3v) is 5.87. The molecule has 0 unspecified atom stereocenters. The summed E-state index contributed by atoms with van der Waals surface area (Å²) < 4.78 is 30.0. The number of hydrogen-bond acceptors (Lipinski definition) is 5. The Balaban J connectivity index is 1.88. The molecule has 134 valence electrons. The minimum absolute atomic E-state index is 0.0809. The van der Waals surface area contributed by atoms with Gasteiger partial charge >= 0.3 is 0 Å². The van der Waals surface area contributed by atoms with E-state index in [4.69, 9.17) is 4.74 Å². The normalized spacial score (nSPS) is 15.4. The first kappa shape index (κ1) is 18.1. The molecule has 0 aromatic heterocycles. The van der Waals surface area contributed by atoms with E-state index in [0.717, 1.165) is 12.1 Å². The Kier molecular flexibility index (Phi) is 5.24. The molecule has 8 heteroatoms. The summed E-state index contributed by atoms with van der Waals surface area (Å²) in [6.45, 7) is 0.679. The zero-order valence-corrected chi connectivity index (χ0v) is 16.0. The van der Waals surface area contributed by atoms with Gasteiger partial charge in [0, 0.05) is 23.1 Å². The lowest BCUT2D eigenvalue weighted by Gasteiger charge is -2.35. The molecule has 1 heterocycles. The Morgan fingerprint density at radius 2 is 2.04 bits per heavy atom. The smallest absolute Gasteiger partial charge is 0.227 e. The zero-order valence-electron chi connectivity index (χ0n) is 13.6. The molecule has 0 atom stereocenters. The highest BCUT2D eigenvalue weighted by molar-refractivity contribution is 9.10. The summed E-state index contributed by atoms with van der Waals surface area (Å²) in [4.78, 5) is 13.9. The molecular formula is C17H19BrN2O4S. The molecule has 25 heavy (non-hydrogen) atoms. The summed E-state index contributed by atoms with van der Waals surface area (Å²) in [7, 11) is -1.87. The van der Waals surface area contributed by atoms with Crippen LogP contribution in [0.15, 0.2) is 51.8 Å². The quantitative estimate of drug-likeness (QED) is 0.643. The first-order valence-corrected chi connectivity index (χ1v) is 10.0. The van der Waals surface area contributed by atoms with Crippen LogP contribution in [0.1, 0.15) is 12.8 Å². The van der Waals surface area contributed by atoms with Crippen molar-refractivity contribution in [3.05, 3.63) is 46.9 Å². The Hall–Kier alpha value is -1.74. The minimum Gasteiger partial charge on any atom is -0.495 e. The van der Waals surface area contributed by atoms with E-state index in [-0.39, 0.29) is 10.8 Å². The number of halogens is 1. The van der Waals surface area contributed by atoms with Gasteiger partial charge in [-0.25, -0.2) is 0 Å². The maximum Gasteiger partial charge on any atom is 0.227 e. The first-order chi connectivity index (χ1) is 11.9. The molecule has 0 radical (unpaired) electrons. The van der Waals surface area contributed by atoms with Gasteiger partial charge in [0.25, 0.3) is 0 Å². The Morgan fingerprint density at radius 1 is 1.24 bits per heavy atom. The number of anilines is 2. The minimum atomic E-state index is -3.34. The summed E-state index contributed by atoms with van der Waals surface area (Å²) >= 11 is 3.33. The standard InChI is InChI=1S/C17H19BrN2O4S/c1-24-15-8-7-12(18)10-16(15)25(22,23)19-13-4-2-5-14(11-13)20-9-3-6-17(20)21/h2,4-5,7-8,10-11,19,22-23H,3,6,9H2,1H3. The summed E-state index contributed by atoms with van der Waals surface area (Å²) in [6.07, 6.45) is 1.38. The summed E-state index contributed by atoms with van der Waals surface area (Å²) in [5.41, 5.74) is 1.25. The lowest BCUT2D eigenvalue weighted by molar-refractivity contribution is -0.117. The number of hydrogen-bond donors (Lipinski definition) is 3. The van der Waals surface area contributed by atoms with Gasteiger partial charge in [-0.2, -0.15) is 0 Å². The van der Waals surface area contributed by atoms with Crippen molar-refractivity contribution in [3.63, 3.8) is 0 Å². The second-order valence-electron chi connectivity index (χ2n) is 5.65. The van der Waals surface area contributed by atoms with E-state index in [1.54, 1.807) is 41.3 Å². The van der Waals surface area contributed by atoms with Crippen molar-refractivity contribution in [1.29, 1.82) is 0 Å². The number of amides is 1. The Morgan fingerprint density at radius 3 is 2.72 bits per heavy atom. The molecule has 1 fully saturated rings. The van der Waals surface area contributed by atoms with Crippen LogP contribution in [0.3, 0.4) is 0 Å². The van der Waals surface area contributed by atoms with Crippen LogP contribution < -0.4 is 14.4 Å². The van der Waals surface area contributed by atoms with Gasteiger partial charge < -0.3 is 9.64 Å². The van der Waals surface area contributed by atoms with Crippen molar-refractivity contribution in [2.45, 2.75) is 17.7 Å². The lowest BCUT2D eigenvalue weighted by Crippen LogP contribution is -2.23.